The smallest absolute Gasteiger partial charge is 0.357 e. The Hall–Kier alpha value is -1.45. The number of H-pyrrole nitrogens is 1. The Morgan fingerprint density at radius 3 is 2.65 bits per heavy atom. The molecular weight excluding hydrogens is 286 g/mol. The number of aromatic carboxylic acids is 1. The maximum Gasteiger partial charge on any atom is 0.357 e. The van der Waals surface area contributed by atoms with E-state index in [9.17, 15) is 13.2 Å². The summed E-state index contributed by atoms with van der Waals surface area (Å²) < 4.78 is 32.2. The van der Waals surface area contributed by atoms with Crippen LogP contribution < -0.4 is 4.72 Å². The van der Waals surface area contributed by atoms with Crippen LogP contribution in [0, 0.1) is 6.92 Å². The van der Waals surface area contributed by atoms with E-state index in [1.165, 1.54) is 6.92 Å². The van der Waals surface area contributed by atoms with Gasteiger partial charge < -0.3 is 9.84 Å². The van der Waals surface area contributed by atoms with Crippen molar-refractivity contribution in [1.82, 2.24) is 14.9 Å². The van der Waals surface area contributed by atoms with Crippen LogP contribution in [-0.4, -0.2) is 48.9 Å². The Kier molecular flexibility index (Phi) is 3.85. The first-order valence-corrected chi connectivity index (χ1v) is 7.63. The van der Waals surface area contributed by atoms with Crippen molar-refractivity contribution in [3.8, 4) is 0 Å². The fraction of sp³-hybridized carbons (Fsp3) is 0.636. The molecule has 20 heavy (non-hydrogen) atoms. The summed E-state index contributed by atoms with van der Waals surface area (Å²) in [5.74, 6) is -1.39. The number of aromatic nitrogens is 2. The third-order valence-electron chi connectivity index (χ3n) is 3.64. The van der Waals surface area contributed by atoms with Crippen LogP contribution in [-0.2, 0) is 14.8 Å². The van der Waals surface area contributed by atoms with E-state index < -0.39 is 27.3 Å². The molecule has 1 aromatic heterocycles. The van der Waals surface area contributed by atoms with Gasteiger partial charge in [0.05, 0.1) is 11.3 Å². The molecule has 1 aromatic rings. The highest BCUT2D eigenvalue weighted by molar-refractivity contribution is 7.89. The third-order valence-corrected chi connectivity index (χ3v) is 5.21. The number of nitrogens with zero attached hydrogens (tertiary/aromatic N) is 1. The van der Waals surface area contributed by atoms with Crippen molar-refractivity contribution >= 4 is 16.0 Å². The molecule has 1 heterocycles. The molecule has 0 unspecified atom stereocenters. The van der Waals surface area contributed by atoms with Crippen LogP contribution in [0.15, 0.2) is 4.90 Å². The molecule has 0 aromatic carbocycles. The lowest BCUT2D eigenvalue weighted by molar-refractivity contribution is -0.0659. The van der Waals surface area contributed by atoms with E-state index >= 15 is 0 Å². The van der Waals surface area contributed by atoms with Gasteiger partial charge in [0.15, 0.2) is 5.69 Å². The topological polar surface area (TPSA) is 121 Å². The average molecular weight is 303 g/mol. The molecule has 1 aliphatic carbocycles. The lowest BCUT2D eigenvalue weighted by Crippen LogP contribution is -2.49. The van der Waals surface area contributed by atoms with Gasteiger partial charge in [-0.15, -0.1) is 0 Å². The number of carboxylic acids is 1. The van der Waals surface area contributed by atoms with E-state index in [0.717, 1.165) is 19.3 Å². The summed E-state index contributed by atoms with van der Waals surface area (Å²) in [4.78, 5) is 10.7. The zero-order chi connectivity index (χ0) is 15.0. The molecule has 2 rings (SSSR count). The third kappa shape index (κ3) is 2.56. The van der Waals surface area contributed by atoms with Gasteiger partial charge in [-0.2, -0.15) is 5.10 Å². The van der Waals surface area contributed by atoms with Crippen molar-refractivity contribution in [3.63, 3.8) is 0 Å². The lowest BCUT2D eigenvalue weighted by atomic mass is 9.80. The molecule has 0 atom stereocenters. The molecule has 0 aliphatic heterocycles. The fourth-order valence-electron chi connectivity index (χ4n) is 2.22. The molecule has 1 saturated carbocycles. The van der Waals surface area contributed by atoms with Crippen molar-refractivity contribution in [1.29, 1.82) is 0 Å². The summed E-state index contributed by atoms with van der Waals surface area (Å²) in [7, 11) is -2.41. The van der Waals surface area contributed by atoms with E-state index in [1.54, 1.807) is 7.11 Å². The number of aryl methyl sites for hydroxylation is 1. The van der Waals surface area contributed by atoms with Gasteiger partial charge in [0.2, 0.25) is 10.0 Å². The van der Waals surface area contributed by atoms with Gasteiger partial charge in [0, 0.05) is 13.7 Å². The summed E-state index contributed by atoms with van der Waals surface area (Å²) in [5, 5.41) is 14.9. The van der Waals surface area contributed by atoms with Gasteiger partial charge >= 0.3 is 5.97 Å². The van der Waals surface area contributed by atoms with Gasteiger partial charge in [-0.1, -0.05) is 0 Å². The van der Waals surface area contributed by atoms with Crippen LogP contribution in [0.4, 0.5) is 0 Å². The second-order valence-corrected chi connectivity index (χ2v) is 6.60. The predicted molar refractivity (Wildman–Crippen MR) is 69.1 cm³/mol. The molecule has 0 spiro atoms. The molecule has 8 nitrogen and oxygen atoms in total. The molecule has 0 bridgehead atoms. The summed E-state index contributed by atoms with van der Waals surface area (Å²) in [6, 6.07) is 0. The molecule has 3 N–H and O–H groups in total. The quantitative estimate of drug-likeness (QED) is 0.693. The first-order chi connectivity index (χ1) is 9.31. The number of methoxy groups -OCH3 is 1. The monoisotopic (exact) mass is 303 g/mol. The van der Waals surface area contributed by atoms with Crippen LogP contribution in [0.1, 0.15) is 35.4 Å². The zero-order valence-corrected chi connectivity index (χ0v) is 12.1. The molecule has 1 aliphatic rings. The molecule has 9 heteroatoms. The van der Waals surface area contributed by atoms with E-state index in [1.807, 2.05) is 0 Å². The van der Waals surface area contributed by atoms with Crippen molar-refractivity contribution < 1.29 is 23.1 Å². The SMILES string of the molecule is COC1(CNS(=O)(=O)c2c(C(=O)O)n[nH]c2C)CCC1. The number of ether oxygens (including phenoxy) is 1. The van der Waals surface area contributed by atoms with E-state index in [4.69, 9.17) is 9.84 Å². The van der Waals surface area contributed by atoms with Gasteiger partial charge in [0.25, 0.3) is 0 Å². The van der Waals surface area contributed by atoms with E-state index in [-0.39, 0.29) is 17.1 Å². The number of hydrogen-bond acceptors (Lipinski definition) is 5. The van der Waals surface area contributed by atoms with Gasteiger partial charge in [-0.3, -0.25) is 5.10 Å². The second-order valence-electron chi connectivity index (χ2n) is 4.90. The summed E-state index contributed by atoms with van der Waals surface area (Å²) in [6.07, 6.45) is 2.55. The minimum atomic E-state index is -3.95. The van der Waals surface area contributed by atoms with Gasteiger partial charge in [-0.05, 0) is 26.2 Å². The van der Waals surface area contributed by atoms with Crippen molar-refractivity contribution in [2.75, 3.05) is 13.7 Å². The Balaban J connectivity index is 2.23. The fourth-order valence-corrected chi connectivity index (χ4v) is 3.65. The number of carbonyl (C=O) groups is 1. The van der Waals surface area contributed by atoms with Crippen LogP contribution in [0.3, 0.4) is 0 Å². The van der Waals surface area contributed by atoms with Crippen molar-refractivity contribution in [2.24, 2.45) is 0 Å². The first-order valence-electron chi connectivity index (χ1n) is 6.14. The molecule has 112 valence electrons. The van der Waals surface area contributed by atoms with Crippen LogP contribution in [0.2, 0.25) is 0 Å². The second kappa shape index (κ2) is 5.15. The van der Waals surface area contributed by atoms with Crippen molar-refractivity contribution in [2.45, 2.75) is 36.7 Å². The number of rotatable bonds is 6. The Labute approximate surface area is 116 Å². The summed E-state index contributed by atoms with van der Waals surface area (Å²) in [5.41, 5.74) is -0.793. The number of nitrogens with one attached hydrogen (secondary N) is 2. The minimum absolute atomic E-state index is 0.121. The normalized spacial score (nSPS) is 17.7. The Bertz CT molecular complexity index is 612. The maximum atomic E-state index is 12.3. The molecule has 1 fully saturated rings. The number of aromatic amines is 1. The van der Waals surface area contributed by atoms with Crippen LogP contribution in [0.5, 0.6) is 0 Å². The maximum absolute atomic E-state index is 12.3. The average Bonchev–Trinajstić information content (AvgIpc) is 2.71. The molecule has 0 amide bonds. The highest BCUT2D eigenvalue weighted by Crippen LogP contribution is 2.34. The minimum Gasteiger partial charge on any atom is -0.476 e. The molecule has 0 radical (unpaired) electrons. The standard InChI is InChI=1S/C11H17N3O5S/c1-7-9(8(10(15)16)14-13-7)20(17,18)12-6-11(19-2)4-3-5-11/h12H,3-6H2,1-2H3,(H,13,14)(H,15,16). The van der Waals surface area contributed by atoms with Crippen LogP contribution >= 0.6 is 0 Å². The molecular formula is C11H17N3O5S. The largest absolute Gasteiger partial charge is 0.476 e. The summed E-state index contributed by atoms with van der Waals surface area (Å²) in [6.45, 7) is 1.58. The predicted octanol–water partition coefficient (Wildman–Crippen LogP) is 0.264. The molecule has 0 saturated heterocycles. The Morgan fingerprint density at radius 2 is 2.20 bits per heavy atom. The van der Waals surface area contributed by atoms with Gasteiger partial charge in [-0.25, -0.2) is 17.9 Å². The highest BCUT2D eigenvalue weighted by Gasteiger charge is 2.39. The highest BCUT2D eigenvalue weighted by atomic mass is 32.2. The lowest BCUT2D eigenvalue weighted by Gasteiger charge is -2.40. The first kappa shape index (κ1) is 14.9. The van der Waals surface area contributed by atoms with Crippen molar-refractivity contribution in [3.05, 3.63) is 11.4 Å². The van der Waals surface area contributed by atoms with E-state index in [0.29, 0.717) is 0 Å². The van der Waals surface area contributed by atoms with Gasteiger partial charge in [0.1, 0.15) is 4.90 Å². The number of sulfonamides is 1. The number of hydrogen-bond donors (Lipinski definition) is 3. The van der Waals surface area contributed by atoms with Crippen LogP contribution in [0.25, 0.3) is 0 Å². The number of carboxylic acid groups (broad SMARTS) is 1. The Morgan fingerprint density at radius 1 is 1.55 bits per heavy atom. The zero-order valence-electron chi connectivity index (χ0n) is 11.3. The summed E-state index contributed by atoms with van der Waals surface area (Å²) >= 11 is 0. The van der Waals surface area contributed by atoms with E-state index in [2.05, 4.69) is 14.9 Å².